The summed E-state index contributed by atoms with van der Waals surface area (Å²) in [7, 11) is 0. The first kappa shape index (κ1) is 13.1. The van der Waals surface area contributed by atoms with Gasteiger partial charge in [0.2, 0.25) is 0 Å². The molecule has 0 fully saturated rings. The van der Waals surface area contributed by atoms with E-state index in [1.165, 1.54) is 0 Å². The van der Waals surface area contributed by atoms with Crippen molar-refractivity contribution in [1.82, 2.24) is 9.97 Å². The van der Waals surface area contributed by atoms with Crippen molar-refractivity contribution in [3.8, 4) is 0 Å². The lowest BCUT2D eigenvalue weighted by Gasteiger charge is -2.19. The Balaban J connectivity index is 2.79. The number of aromatic nitrogens is 2. The van der Waals surface area contributed by atoms with Crippen molar-refractivity contribution in [3.63, 3.8) is 0 Å². The van der Waals surface area contributed by atoms with Gasteiger partial charge in [-0.2, -0.15) is 0 Å². The van der Waals surface area contributed by atoms with Crippen molar-refractivity contribution in [2.45, 2.75) is 54.4 Å². The second-order valence-electron chi connectivity index (χ2n) is 6.94. The van der Waals surface area contributed by atoms with Crippen LogP contribution in [0.4, 0.5) is 0 Å². The van der Waals surface area contributed by atoms with Crippen LogP contribution in [0, 0.1) is 10.8 Å². The quantitative estimate of drug-likeness (QED) is 0.760. The zero-order valence-electron chi connectivity index (χ0n) is 11.5. The van der Waals surface area contributed by atoms with Crippen LogP contribution in [-0.2, 0) is 12.8 Å². The summed E-state index contributed by atoms with van der Waals surface area (Å²) < 4.78 is 0. The fraction of sp³-hybridized carbons (Fsp3) is 0.714. The minimum atomic E-state index is 0.250. The van der Waals surface area contributed by atoms with E-state index in [-0.39, 0.29) is 10.8 Å². The lowest BCUT2D eigenvalue weighted by Crippen LogP contribution is -2.15. The second-order valence-corrected chi connectivity index (χ2v) is 6.94. The molecule has 0 spiro atoms. The van der Waals surface area contributed by atoms with Crippen LogP contribution in [0.5, 0.6) is 0 Å². The Morgan fingerprint density at radius 3 is 2.00 bits per heavy atom. The molecule has 0 aliphatic carbocycles. The monoisotopic (exact) mass is 220 g/mol. The highest BCUT2D eigenvalue weighted by Gasteiger charge is 2.16. The largest absolute Gasteiger partial charge is 0.241 e. The molecule has 90 valence electrons. The van der Waals surface area contributed by atoms with Crippen LogP contribution in [0.3, 0.4) is 0 Å². The molecule has 0 aliphatic rings. The standard InChI is InChI=1S/C14H24N2/c1-13(2,3)9-11-7-8-15-12(16-11)10-14(4,5)6/h7-8H,9-10H2,1-6H3. The minimum absolute atomic E-state index is 0.250. The molecular formula is C14H24N2. The number of nitrogens with zero attached hydrogens (tertiary/aromatic N) is 2. The molecular weight excluding hydrogens is 196 g/mol. The summed E-state index contributed by atoms with van der Waals surface area (Å²) in [6, 6.07) is 2.03. The van der Waals surface area contributed by atoms with E-state index in [2.05, 4.69) is 51.5 Å². The molecule has 0 bridgehead atoms. The van der Waals surface area contributed by atoms with E-state index in [1.54, 1.807) is 0 Å². The molecule has 0 unspecified atom stereocenters. The molecule has 2 nitrogen and oxygen atoms in total. The smallest absolute Gasteiger partial charge is 0.129 e. The summed E-state index contributed by atoms with van der Waals surface area (Å²) >= 11 is 0. The summed E-state index contributed by atoms with van der Waals surface area (Å²) in [6.07, 6.45) is 3.83. The van der Waals surface area contributed by atoms with E-state index >= 15 is 0 Å². The third-order valence-electron chi connectivity index (χ3n) is 2.16. The van der Waals surface area contributed by atoms with Gasteiger partial charge >= 0.3 is 0 Å². The maximum absolute atomic E-state index is 4.63. The Kier molecular flexibility index (Phi) is 3.72. The van der Waals surface area contributed by atoms with Gasteiger partial charge in [-0.1, -0.05) is 41.5 Å². The first-order valence-corrected chi connectivity index (χ1v) is 5.97. The fourth-order valence-corrected chi connectivity index (χ4v) is 1.64. The molecule has 0 N–H and O–H groups in total. The Labute approximate surface area is 99.5 Å². The van der Waals surface area contributed by atoms with Crippen molar-refractivity contribution < 1.29 is 0 Å². The third kappa shape index (κ3) is 5.24. The number of hydrogen-bond acceptors (Lipinski definition) is 2. The molecule has 0 saturated carbocycles. The van der Waals surface area contributed by atoms with Gasteiger partial charge in [0.05, 0.1) is 0 Å². The molecule has 0 aromatic carbocycles. The van der Waals surface area contributed by atoms with Gasteiger partial charge in [-0.15, -0.1) is 0 Å². The van der Waals surface area contributed by atoms with Crippen LogP contribution in [0.15, 0.2) is 12.3 Å². The van der Waals surface area contributed by atoms with Gasteiger partial charge in [0, 0.05) is 18.3 Å². The van der Waals surface area contributed by atoms with E-state index in [1.807, 2.05) is 12.3 Å². The minimum Gasteiger partial charge on any atom is -0.241 e. The fourth-order valence-electron chi connectivity index (χ4n) is 1.64. The molecule has 16 heavy (non-hydrogen) atoms. The summed E-state index contributed by atoms with van der Waals surface area (Å²) in [6.45, 7) is 13.3. The highest BCUT2D eigenvalue weighted by Crippen LogP contribution is 2.21. The molecule has 2 heteroatoms. The Morgan fingerprint density at radius 1 is 0.938 bits per heavy atom. The highest BCUT2D eigenvalue weighted by atomic mass is 14.9. The molecule has 0 amide bonds. The molecule has 1 heterocycles. The molecule has 1 aromatic heterocycles. The third-order valence-corrected chi connectivity index (χ3v) is 2.16. The van der Waals surface area contributed by atoms with E-state index < -0.39 is 0 Å². The van der Waals surface area contributed by atoms with Crippen LogP contribution in [-0.4, -0.2) is 9.97 Å². The Hall–Kier alpha value is -0.920. The molecule has 0 radical (unpaired) electrons. The number of hydrogen-bond donors (Lipinski definition) is 0. The van der Waals surface area contributed by atoms with Gasteiger partial charge in [0.1, 0.15) is 5.82 Å². The Bertz CT molecular complexity index is 311. The van der Waals surface area contributed by atoms with E-state index in [9.17, 15) is 0 Å². The average Bonchev–Trinajstić information content (AvgIpc) is 1.96. The molecule has 1 rings (SSSR count). The maximum Gasteiger partial charge on any atom is 0.129 e. The van der Waals surface area contributed by atoms with E-state index in [4.69, 9.17) is 0 Å². The zero-order valence-corrected chi connectivity index (χ0v) is 11.5. The van der Waals surface area contributed by atoms with Gasteiger partial charge in [-0.3, -0.25) is 0 Å². The SMILES string of the molecule is CC(C)(C)Cc1ccnc(CC(C)(C)C)n1. The molecule has 0 aliphatic heterocycles. The summed E-state index contributed by atoms with van der Waals surface area (Å²) in [4.78, 5) is 8.98. The summed E-state index contributed by atoms with van der Waals surface area (Å²) in [5.74, 6) is 0.967. The lowest BCUT2D eigenvalue weighted by atomic mass is 9.90. The Morgan fingerprint density at radius 2 is 1.50 bits per heavy atom. The van der Waals surface area contributed by atoms with Crippen molar-refractivity contribution >= 4 is 0 Å². The van der Waals surface area contributed by atoms with Crippen LogP contribution >= 0.6 is 0 Å². The lowest BCUT2D eigenvalue weighted by molar-refractivity contribution is 0.391. The van der Waals surface area contributed by atoms with Crippen molar-refractivity contribution in [2.24, 2.45) is 10.8 Å². The van der Waals surface area contributed by atoms with Crippen LogP contribution in [0.25, 0.3) is 0 Å². The highest BCUT2D eigenvalue weighted by molar-refractivity contribution is 5.05. The van der Waals surface area contributed by atoms with E-state index in [0.29, 0.717) is 0 Å². The number of rotatable bonds is 2. The van der Waals surface area contributed by atoms with Crippen LogP contribution < -0.4 is 0 Å². The van der Waals surface area contributed by atoms with Gasteiger partial charge in [-0.05, 0) is 23.3 Å². The predicted octanol–water partition coefficient (Wildman–Crippen LogP) is 3.65. The van der Waals surface area contributed by atoms with Crippen molar-refractivity contribution in [2.75, 3.05) is 0 Å². The summed E-state index contributed by atoms with van der Waals surface area (Å²) in [5, 5.41) is 0. The zero-order chi connectivity index (χ0) is 12.4. The van der Waals surface area contributed by atoms with E-state index in [0.717, 1.165) is 24.4 Å². The van der Waals surface area contributed by atoms with Gasteiger partial charge < -0.3 is 0 Å². The maximum atomic E-state index is 4.63. The second kappa shape index (κ2) is 4.52. The van der Waals surface area contributed by atoms with Crippen molar-refractivity contribution in [1.29, 1.82) is 0 Å². The molecule has 0 atom stereocenters. The van der Waals surface area contributed by atoms with Crippen LogP contribution in [0.2, 0.25) is 0 Å². The predicted molar refractivity (Wildman–Crippen MR) is 68.4 cm³/mol. The normalized spacial score (nSPS) is 12.9. The van der Waals surface area contributed by atoms with Gasteiger partial charge in [0.25, 0.3) is 0 Å². The van der Waals surface area contributed by atoms with Crippen molar-refractivity contribution in [3.05, 3.63) is 23.8 Å². The first-order chi connectivity index (χ1) is 7.16. The topological polar surface area (TPSA) is 25.8 Å². The van der Waals surface area contributed by atoms with Gasteiger partial charge in [-0.25, -0.2) is 9.97 Å². The summed E-state index contributed by atoms with van der Waals surface area (Å²) in [5.41, 5.74) is 1.69. The van der Waals surface area contributed by atoms with Gasteiger partial charge in [0.15, 0.2) is 0 Å². The van der Waals surface area contributed by atoms with Crippen LogP contribution in [0.1, 0.15) is 53.1 Å². The average molecular weight is 220 g/mol. The first-order valence-electron chi connectivity index (χ1n) is 5.97. The molecule has 0 saturated heterocycles. The molecule has 1 aromatic rings.